The number of hydrogen-bond acceptors (Lipinski definition) is 6. The van der Waals surface area contributed by atoms with E-state index in [4.69, 9.17) is 32.7 Å². The zero-order valence-electron chi connectivity index (χ0n) is 14.4. The molecule has 1 aliphatic rings. The molecule has 2 rings (SSSR count). The first-order valence-corrected chi connectivity index (χ1v) is 10.6. The Kier molecular flexibility index (Phi) is 6.55. The van der Waals surface area contributed by atoms with Crippen molar-refractivity contribution < 1.29 is 27.5 Å². The summed E-state index contributed by atoms with van der Waals surface area (Å²) in [6.45, 7) is 3.35. The third-order valence-electron chi connectivity index (χ3n) is 3.93. The number of carbonyl (C=O) groups excluding carboxylic acids is 2. The monoisotopic (exact) mass is 423 g/mol. The van der Waals surface area contributed by atoms with Crippen molar-refractivity contribution in [3.8, 4) is 0 Å². The highest BCUT2D eigenvalue weighted by Crippen LogP contribution is 2.37. The summed E-state index contributed by atoms with van der Waals surface area (Å²) in [6.07, 6.45) is -0.510. The van der Waals surface area contributed by atoms with E-state index >= 15 is 0 Å². The molecular formula is C16H19Cl2NO6S. The molecule has 10 heteroatoms. The van der Waals surface area contributed by atoms with Crippen LogP contribution in [0.3, 0.4) is 0 Å². The van der Waals surface area contributed by atoms with Gasteiger partial charge in [-0.2, -0.15) is 0 Å². The summed E-state index contributed by atoms with van der Waals surface area (Å²) in [5, 5.41) is 0. The number of alkyl halides is 2. The van der Waals surface area contributed by atoms with Gasteiger partial charge in [-0.25, -0.2) is 13.2 Å². The minimum absolute atomic E-state index is 0.122. The van der Waals surface area contributed by atoms with Crippen LogP contribution in [-0.2, 0) is 28.9 Å². The molecule has 0 aliphatic carbocycles. The van der Waals surface area contributed by atoms with Crippen LogP contribution in [0.2, 0.25) is 0 Å². The van der Waals surface area contributed by atoms with Crippen LogP contribution in [0, 0.1) is 0 Å². The molecule has 26 heavy (non-hydrogen) atoms. The fraction of sp³-hybridized carbons (Fsp3) is 0.500. The summed E-state index contributed by atoms with van der Waals surface area (Å²) in [5.41, 5.74) is 0.526. The molecule has 1 unspecified atom stereocenters. The number of ether oxygens (including phenoxy) is 2. The average Bonchev–Trinajstić information content (AvgIpc) is 2.91. The number of nitrogens with zero attached hydrogens (tertiary/aromatic N) is 1. The van der Waals surface area contributed by atoms with Crippen molar-refractivity contribution in [2.24, 2.45) is 0 Å². The molecule has 0 saturated carbocycles. The molecule has 1 aromatic rings. The van der Waals surface area contributed by atoms with E-state index in [-0.39, 0.29) is 11.5 Å². The minimum atomic E-state index is -3.36. The molecule has 0 N–H and O–H groups in total. The van der Waals surface area contributed by atoms with Crippen molar-refractivity contribution in [1.82, 2.24) is 4.90 Å². The highest BCUT2D eigenvalue weighted by atomic mass is 35.5. The topological polar surface area (TPSA) is 90.0 Å². The van der Waals surface area contributed by atoms with E-state index in [0.717, 1.165) is 11.2 Å². The van der Waals surface area contributed by atoms with E-state index in [1.807, 2.05) is 0 Å². The Morgan fingerprint density at radius 3 is 2.31 bits per heavy atom. The predicted octanol–water partition coefficient (Wildman–Crippen LogP) is 2.07. The first-order chi connectivity index (χ1) is 12.1. The van der Waals surface area contributed by atoms with E-state index in [9.17, 15) is 18.0 Å². The van der Waals surface area contributed by atoms with Crippen LogP contribution in [0.15, 0.2) is 29.2 Å². The number of amides is 1. The van der Waals surface area contributed by atoms with Gasteiger partial charge in [-0.1, -0.05) is 35.3 Å². The fourth-order valence-corrected chi connectivity index (χ4v) is 3.64. The number of esters is 1. The number of hydrogen-bond donors (Lipinski definition) is 0. The van der Waals surface area contributed by atoms with E-state index < -0.39 is 44.9 Å². The Hall–Kier alpha value is -1.35. The predicted molar refractivity (Wildman–Crippen MR) is 95.6 cm³/mol. The molecule has 1 fully saturated rings. The Labute approximate surface area is 162 Å². The smallest absolute Gasteiger partial charge is 0.332 e. The Morgan fingerprint density at radius 2 is 1.85 bits per heavy atom. The molecule has 0 spiro atoms. The van der Waals surface area contributed by atoms with Crippen molar-refractivity contribution in [2.75, 3.05) is 12.9 Å². The summed E-state index contributed by atoms with van der Waals surface area (Å²) in [7, 11) is -3.36. The van der Waals surface area contributed by atoms with Crippen LogP contribution in [-0.4, -0.2) is 55.2 Å². The SMILES string of the molecule is CCOC(=O)[C@@H]1[C@@H](c2ccc(S(C)(=O)=O)cc2)OC(C)N1C(=O)C(Cl)Cl. The number of rotatable bonds is 5. The molecule has 0 radical (unpaired) electrons. The highest BCUT2D eigenvalue weighted by Gasteiger charge is 2.49. The zero-order chi connectivity index (χ0) is 19.6. The highest BCUT2D eigenvalue weighted by molar-refractivity contribution is 7.90. The van der Waals surface area contributed by atoms with Crippen molar-refractivity contribution in [3.63, 3.8) is 0 Å². The molecule has 1 heterocycles. The lowest BCUT2D eigenvalue weighted by atomic mass is 10.0. The van der Waals surface area contributed by atoms with Crippen LogP contribution in [0.25, 0.3) is 0 Å². The van der Waals surface area contributed by atoms with Gasteiger partial charge in [-0.15, -0.1) is 0 Å². The van der Waals surface area contributed by atoms with E-state index in [2.05, 4.69) is 0 Å². The van der Waals surface area contributed by atoms with Gasteiger partial charge in [0.2, 0.25) is 0 Å². The van der Waals surface area contributed by atoms with Gasteiger partial charge in [0.25, 0.3) is 5.91 Å². The molecule has 0 aromatic heterocycles. The first kappa shape index (κ1) is 21.0. The van der Waals surface area contributed by atoms with Gasteiger partial charge in [0.15, 0.2) is 20.7 Å². The number of benzene rings is 1. The van der Waals surface area contributed by atoms with Gasteiger partial charge in [-0.3, -0.25) is 9.69 Å². The van der Waals surface area contributed by atoms with Crippen LogP contribution in [0.5, 0.6) is 0 Å². The molecule has 144 valence electrons. The maximum absolute atomic E-state index is 12.5. The van der Waals surface area contributed by atoms with Crippen molar-refractivity contribution in [2.45, 2.75) is 42.0 Å². The van der Waals surface area contributed by atoms with E-state index in [1.54, 1.807) is 13.8 Å². The molecule has 7 nitrogen and oxygen atoms in total. The maximum atomic E-state index is 12.5. The number of halogens is 2. The quantitative estimate of drug-likeness (QED) is 0.531. The Balaban J connectivity index is 2.42. The van der Waals surface area contributed by atoms with Gasteiger partial charge < -0.3 is 9.47 Å². The third kappa shape index (κ3) is 4.31. The van der Waals surface area contributed by atoms with Gasteiger partial charge in [-0.05, 0) is 31.5 Å². The van der Waals surface area contributed by atoms with Gasteiger partial charge >= 0.3 is 5.97 Å². The van der Waals surface area contributed by atoms with E-state index in [1.165, 1.54) is 24.3 Å². The normalized spacial score (nSPS) is 23.3. The second-order valence-corrected chi connectivity index (χ2v) is 8.85. The fourth-order valence-electron chi connectivity index (χ4n) is 2.78. The van der Waals surface area contributed by atoms with Crippen molar-refractivity contribution >= 4 is 44.9 Å². The van der Waals surface area contributed by atoms with Gasteiger partial charge in [0.1, 0.15) is 12.3 Å². The van der Waals surface area contributed by atoms with Crippen molar-refractivity contribution in [1.29, 1.82) is 0 Å². The molecule has 1 aromatic carbocycles. The van der Waals surface area contributed by atoms with Crippen LogP contribution >= 0.6 is 23.2 Å². The van der Waals surface area contributed by atoms with Gasteiger partial charge in [0.05, 0.1) is 11.5 Å². The Morgan fingerprint density at radius 1 is 1.27 bits per heavy atom. The molecule has 3 atom stereocenters. The first-order valence-electron chi connectivity index (χ1n) is 7.80. The van der Waals surface area contributed by atoms with Gasteiger partial charge in [0, 0.05) is 6.26 Å². The lowest BCUT2D eigenvalue weighted by molar-refractivity contribution is -0.154. The summed E-state index contributed by atoms with van der Waals surface area (Å²) >= 11 is 11.4. The summed E-state index contributed by atoms with van der Waals surface area (Å²) in [4.78, 5) is 24.7. The van der Waals surface area contributed by atoms with Crippen molar-refractivity contribution in [3.05, 3.63) is 29.8 Å². The lowest BCUT2D eigenvalue weighted by Crippen LogP contribution is -2.48. The Bertz CT molecular complexity index is 780. The maximum Gasteiger partial charge on any atom is 0.332 e. The van der Waals surface area contributed by atoms with Crippen LogP contribution < -0.4 is 0 Å². The average molecular weight is 424 g/mol. The molecular weight excluding hydrogens is 405 g/mol. The molecule has 1 saturated heterocycles. The van der Waals surface area contributed by atoms with E-state index in [0.29, 0.717) is 5.56 Å². The lowest BCUT2D eigenvalue weighted by Gasteiger charge is -2.26. The number of carbonyl (C=O) groups is 2. The summed E-state index contributed by atoms with van der Waals surface area (Å²) < 4.78 is 34.1. The number of sulfone groups is 1. The largest absolute Gasteiger partial charge is 0.464 e. The van der Waals surface area contributed by atoms with Crippen LogP contribution in [0.1, 0.15) is 25.5 Å². The summed E-state index contributed by atoms with van der Waals surface area (Å²) in [6, 6.07) is 4.82. The standard InChI is InChI=1S/C16H19Cl2NO6S/c1-4-24-16(21)12-13(25-9(2)19(12)15(20)14(17)18)10-5-7-11(8-6-10)26(3,22)23/h5-9,12-14H,4H2,1-3H3/t9?,12-,13+/m0/s1. The summed E-state index contributed by atoms with van der Waals surface area (Å²) in [5.74, 6) is -1.33. The third-order valence-corrected chi connectivity index (χ3v) is 5.43. The molecule has 0 bridgehead atoms. The zero-order valence-corrected chi connectivity index (χ0v) is 16.7. The minimum Gasteiger partial charge on any atom is -0.464 e. The van der Waals surface area contributed by atoms with Crippen LogP contribution in [0.4, 0.5) is 0 Å². The molecule has 1 amide bonds. The molecule has 1 aliphatic heterocycles. The second-order valence-electron chi connectivity index (χ2n) is 5.74. The second kappa shape index (κ2) is 8.12.